The van der Waals surface area contributed by atoms with Gasteiger partial charge in [-0.2, -0.15) is 0 Å². The Morgan fingerprint density at radius 1 is 0.929 bits per heavy atom. The second-order valence-corrected chi connectivity index (χ2v) is 6.72. The maximum atomic E-state index is 11.9. The van der Waals surface area contributed by atoms with E-state index in [-0.39, 0.29) is 31.3 Å². The molecule has 0 aliphatic rings. The molecule has 0 radical (unpaired) electrons. The van der Waals surface area contributed by atoms with E-state index in [2.05, 4.69) is 21.5 Å². The summed E-state index contributed by atoms with van der Waals surface area (Å²) >= 11 is 5.77. The molecule has 148 valence electrons. The van der Waals surface area contributed by atoms with Crippen LogP contribution >= 0.6 is 11.6 Å². The molecule has 8 heteroatoms. The molecule has 0 heterocycles. The molecule has 2 aromatic rings. The molecule has 0 unspecified atom stereocenters. The zero-order valence-corrected chi connectivity index (χ0v) is 16.5. The van der Waals surface area contributed by atoms with E-state index in [0.717, 1.165) is 16.8 Å². The van der Waals surface area contributed by atoms with Crippen LogP contribution in [0.5, 0.6) is 0 Å². The first-order valence-electron chi connectivity index (χ1n) is 8.77. The summed E-state index contributed by atoms with van der Waals surface area (Å²) in [7, 11) is 0. The molecule has 0 saturated heterocycles. The SMILES string of the molecule is Cc1ccc(NCC(=O)NNC(=O)CCNC(=O)c2ccc(Cl)cc2)c(C)c1. The van der Waals surface area contributed by atoms with Gasteiger partial charge in [-0.15, -0.1) is 0 Å². The molecule has 0 aromatic heterocycles. The smallest absolute Gasteiger partial charge is 0.257 e. The fourth-order valence-electron chi connectivity index (χ4n) is 2.43. The number of benzene rings is 2. The van der Waals surface area contributed by atoms with Gasteiger partial charge in [-0.05, 0) is 49.7 Å². The Balaban J connectivity index is 1.64. The summed E-state index contributed by atoms with van der Waals surface area (Å²) in [6.45, 7) is 4.12. The molecule has 2 aromatic carbocycles. The first-order chi connectivity index (χ1) is 13.3. The van der Waals surface area contributed by atoms with Gasteiger partial charge in [0, 0.05) is 29.2 Å². The van der Waals surface area contributed by atoms with Crippen molar-refractivity contribution >= 4 is 35.0 Å². The van der Waals surface area contributed by atoms with Crippen LogP contribution in [0.25, 0.3) is 0 Å². The summed E-state index contributed by atoms with van der Waals surface area (Å²) in [6.07, 6.45) is 0.0319. The largest absolute Gasteiger partial charge is 0.376 e. The molecule has 0 aliphatic carbocycles. The molecule has 0 fully saturated rings. The predicted octanol–water partition coefficient (Wildman–Crippen LogP) is 2.34. The minimum atomic E-state index is -0.406. The van der Waals surface area contributed by atoms with Crippen LogP contribution in [0.2, 0.25) is 5.02 Å². The van der Waals surface area contributed by atoms with Crippen molar-refractivity contribution in [2.45, 2.75) is 20.3 Å². The van der Waals surface area contributed by atoms with Crippen LogP contribution in [0.4, 0.5) is 5.69 Å². The fraction of sp³-hybridized carbons (Fsp3) is 0.250. The van der Waals surface area contributed by atoms with Gasteiger partial charge in [-0.25, -0.2) is 0 Å². The van der Waals surface area contributed by atoms with Crippen LogP contribution in [0.15, 0.2) is 42.5 Å². The molecule has 28 heavy (non-hydrogen) atoms. The molecule has 0 saturated carbocycles. The van der Waals surface area contributed by atoms with Crippen LogP contribution in [0.3, 0.4) is 0 Å². The van der Waals surface area contributed by atoms with E-state index < -0.39 is 5.91 Å². The lowest BCUT2D eigenvalue weighted by atomic mass is 10.1. The summed E-state index contributed by atoms with van der Waals surface area (Å²) in [6, 6.07) is 12.3. The van der Waals surface area contributed by atoms with E-state index in [4.69, 9.17) is 11.6 Å². The Bertz CT molecular complexity index is 853. The summed E-state index contributed by atoms with van der Waals surface area (Å²) in [4.78, 5) is 35.5. The number of carbonyl (C=O) groups excluding carboxylic acids is 3. The zero-order valence-electron chi connectivity index (χ0n) is 15.8. The van der Waals surface area contributed by atoms with Crippen molar-refractivity contribution in [1.29, 1.82) is 0 Å². The van der Waals surface area contributed by atoms with Gasteiger partial charge >= 0.3 is 0 Å². The first kappa shape index (κ1) is 21.2. The van der Waals surface area contributed by atoms with Crippen LogP contribution in [-0.4, -0.2) is 30.8 Å². The number of nitrogens with one attached hydrogen (secondary N) is 4. The number of anilines is 1. The minimum Gasteiger partial charge on any atom is -0.376 e. The van der Waals surface area contributed by atoms with Gasteiger partial charge in [0.15, 0.2) is 0 Å². The lowest BCUT2D eigenvalue weighted by molar-refractivity contribution is -0.127. The number of rotatable bonds is 7. The van der Waals surface area contributed by atoms with Crippen LogP contribution < -0.4 is 21.5 Å². The Morgan fingerprint density at radius 3 is 2.29 bits per heavy atom. The fourth-order valence-corrected chi connectivity index (χ4v) is 2.55. The molecular formula is C20H23ClN4O3. The van der Waals surface area contributed by atoms with E-state index in [9.17, 15) is 14.4 Å². The standard InChI is InChI=1S/C20H23ClN4O3/c1-13-3-8-17(14(2)11-13)23-12-19(27)25-24-18(26)9-10-22-20(28)15-4-6-16(21)7-5-15/h3-8,11,23H,9-10,12H2,1-2H3,(H,22,28)(H,24,26)(H,25,27). The molecule has 0 atom stereocenters. The minimum absolute atomic E-state index is 0.0253. The average Bonchev–Trinajstić information content (AvgIpc) is 2.66. The lowest BCUT2D eigenvalue weighted by Crippen LogP contribution is -2.45. The molecular weight excluding hydrogens is 380 g/mol. The topological polar surface area (TPSA) is 99.3 Å². The number of halogens is 1. The highest BCUT2D eigenvalue weighted by atomic mass is 35.5. The highest BCUT2D eigenvalue weighted by molar-refractivity contribution is 6.30. The van der Waals surface area contributed by atoms with E-state index in [0.29, 0.717) is 10.6 Å². The van der Waals surface area contributed by atoms with Gasteiger partial charge in [0.1, 0.15) is 0 Å². The third kappa shape index (κ3) is 6.92. The van der Waals surface area contributed by atoms with Gasteiger partial charge < -0.3 is 10.6 Å². The van der Waals surface area contributed by atoms with Gasteiger partial charge in [0.05, 0.1) is 6.54 Å². The number of hydrazine groups is 1. The van der Waals surface area contributed by atoms with Crippen molar-refractivity contribution in [2.24, 2.45) is 0 Å². The third-order valence-electron chi connectivity index (χ3n) is 3.91. The molecule has 2 rings (SSSR count). The molecule has 7 nitrogen and oxygen atoms in total. The first-order valence-corrected chi connectivity index (χ1v) is 9.15. The van der Waals surface area contributed by atoms with Crippen molar-refractivity contribution in [1.82, 2.24) is 16.2 Å². The Labute approximate surface area is 168 Å². The van der Waals surface area contributed by atoms with E-state index >= 15 is 0 Å². The van der Waals surface area contributed by atoms with Crippen LogP contribution in [-0.2, 0) is 9.59 Å². The van der Waals surface area contributed by atoms with Gasteiger partial charge in [-0.3, -0.25) is 25.2 Å². The van der Waals surface area contributed by atoms with E-state index in [1.54, 1.807) is 24.3 Å². The van der Waals surface area contributed by atoms with Crippen LogP contribution in [0, 0.1) is 13.8 Å². The van der Waals surface area contributed by atoms with Crippen molar-refractivity contribution in [2.75, 3.05) is 18.4 Å². The number of hydrogen-bond acceptors (Lipinski definition) is 4. The highest BCUT2D eigenvalue weighted by Crippen LogP contribution is 2.15. The monoisotopic (exact) mass is 402 g/mol. The third-order valence-corrected chi connectivity index (χ3v) is 4.16. The van der Waals surface area contributed by atoms with E-state index in [1.165, 1.54) is 0 Å². The zero-order chi connectivity index (χ0) is 20.5. The van der Waals surface area contributed by atoms with E-state index in [1.807, 2.05) is 32.0 Å². The van der Waals surface area contributed by atoms with Crippen molar-refractivity contribution in [3.05, 3.63) is 64.2 Å². The number of aryl methyl sites for hydroxylation is 2. The van der Waals surface area contributed by atoms with Gasteiger partial charge in [0.2, 0.25) is 5.91 Å². The normalized spacial score (nSPS) is 10.1. The highest BCUT2D eigenvalue weighted by Gasteiger charge is 2.08. The molecule has 0 spiro atoms. The molecule has 0 bridgehead atoms. The maximum absolute atomic E-state index is 11.9. The van der Waals surface area contributed by atoms with Crippen LogP contribution in [0.1, 0.15) is 27.9 Å². The van der Waals surface area contributed by atoms with Crippen molar-refractivity contribution in [3.8, 4) is 0 Å². The summed E-state index contributed by atoms with van der Waals surface area (Å²) in [5.74, 6) is -1.08. The quantitative estimate of drug-likeness (QED) is 0.534. The average molecular weight is 403 g/mol. The number of amides is 3. The summed E-state index contributed by atoms with van der Waals surface area (Å²) in [5.41, 5.74) is 8.14. The Kier molecular flexibility index (Phi) is 7.83. The maximum Gasteiger partial charge on any atom is 0.257 e. The van der Waals surface area contributed by atoms with Crippen molar-refractivity contribution < 1.29 is 14.4 Å². The Morgan fingerprint density at radius 2 is 1.61 bits per heavy atom. The Hall–Kier alpha value is -3.06. The number of carbonyl (C=O) groups is 3. The summed E-state index contributed by atoms with van der Waals surface area (Å²) < 4.78 is 0. The molecule has 0 aliphatic heterocycles. The second kappa shape index (κ2) is 10.3. The van der Waals surface area contributed by atoms with Crippen molar-refractivity contribution in [3.63, 3.8) is 0 Å². The summed E-state index contributed by atoms with van der Waals surface area (Å²) in [5, 5.41) is 6.18. The van der Waals surface area contributed by atoms with Gasteiger partial charge in [0.25, 0.3) is 11.8 Å². The number of hydrogen-bond donors (Lipinski definition) is 4. The molecule has 3 amide bonds. The second-order valence-electron chi connectivity index (χ2n) is 6.28. The predicted molar refractivity (Wildman–Crippen MR) is 109 cm³/mol. The molecule has 4 N–H and O–H groups in total. The lowest BCUT2D eigenvalue weighted by Gasteiger charge is -2.11. The van der Waals surface area contributed by atoms with Gasteiger partial charge in [-0.1, -0.05) is 29.3 Å².